The normalized spacial score (nSPS) is 15.4. The molecule has 162 valence electrons. The molecule has 0 bridgehead atoms. The topological polar surface area (TPSA) is 113 Å². The van der Waals surface area contributed by atoms with Crippen molar-refractivity contribution in [2.45, 2.75) is 35.9 Å². The van der Waals surface area contributed by atoms with E-state index in [-0.39, 0.29) is 11.5 Å². The lowest BCUT2D eigenvalue weighted by Gasteiger charge is -2.30. The van der Waals surface area contributed by atoms with E-state index in [0.717, 1.165) is 43.8 Å². The van der Waals surface area contributed by atoms with E-state index >= 15 is 0 Å². The number of piperidine rings is 1. The number of likely N-dealkylation sites (tertiary alicyclic amines) is 1. The van der Waals surface area contributed by atoms with Crippen LogP contribution in [0, 0.1) is 18.3 Å². The molecule has 4 rings (SSSR count). The van der Waals surface area contributed by atoms with E-state index < -0.39 is 0 Å². The number of anilines is 1. The molecule has 31 heavy (non-hydrogen) atoms. The third-order valence-electron chi connectivity index (χ3n) is 5.54. The maximum Gasteiger partial charge on any atom is 0.175 e. The molecule has 3 aromatic rings. The van der Waals surface area contributed by atoms with Gasteiger partial charge in [-0.1, -0.05) is 17.7 Å². The van der Waals surface area contributed by atoms with Crippen molar-refractivity contribution in [1.82, 2.24) is 24.4 Å². The minimum Gasteiger partial charge on any atom is -0.504 e. The number of aromatic nitrogens is 4. The van der Waals surface area contributed by atoms with E-state index in [9.17, 15) is 10.2 Å². The molecule has 0 saturated carbocycles. The van der Waals surface area contributed by atoms with Crippen LogP contribution in [0.25, 0.3) is 11.2 Å². The second kappa shape index (κ2) is 9.34. The van der Waals surface area contributed by atoms with Gasteiger partial charge in [-0.15, -0.1) is 6.42 Å². The molecule has 1 aliphatic rings. The van der Waals surface area contributed by atoms with Gasteiger partial charge in [0.15, 0.2) is 33.6 Å². The Labute approximate surface area is 193 Å². The monoisotopic (exact) mass is 502 g/mol. The Morgan fingerprint density at radius 1 is 1.23 bits per heavy atom. The molecule has 8 nitrogen and oxygen atoms in total. The average Bonchev–Trinajstić information content (AvgIpc) is 3.10. The molecular formula is C21H23BrN6O2S. The smallest absolute Gasteiger partial charge is 0.175 e. The highest BCUT2D eigenvalue weighted by Crippen LogP contribution is 2.40. The van der Waals surface area contributed by atoms with Gasteiger partial charge in [0.25, 0.3) is 0 Å². The van der Waals surface area contributed by atoms with Gasteiger partial charge in [0.1, 0.15) is 6.33 Å². The maximum absolute atomic E-state index is 9.92. The third-order valence-corrected chi connectivity index (χ3v) is 7.51. The first-order valence-corrected chi connectivity index (χ1v) is 11.6. The number of terminal acetylenes is 1. The number of hydrogen-bond donors (Lipinski definition) is 3. The van der Waals surface area contributed by atoms with Gasteiger partial charge in [-0.25, -0.2) is 15.0 Å². The van der Waals surface area contributed by atoms with Gasteiger partial charge >= 0.3 is 0 Å². The van der Waals surface area contributed by atoms with Crippen molar-refractivity contribution < 1.29 is 10.2 Å². The van der Waals surface area contributed by atoms with Crippen LogP contribution in [-0.2, 0) is 6.54 Å². The van der Waals surface area contributed by atoms with Crippen LogP contribution in [-0.4, -0.2) is 54.3 Å². The zero-order valence-corrected chi connectivity index (χ0v) is 19.2. The highest BCUT2D eigenvalue weighted by Gasteiger charge is 2.22. The highest BCUT2D eigenvalue weighted by atomic mass is 79.9. The molecule has 0 aliphatic carbocycles. The van der Waals surface area contributed by atoms with Crippen LogP contribution in [0.2, 0.25) is 0 Å². The number of fused-ring (bicyclic) bond motifs is 1. The molecule has 0 spiro atoms. The molecule has 10 heteroatoms. The molecule has 2 aromatic heterocycles. The van der Waals surface area contributed by atoms with E-state index in [1.807, 2.05) is 0 Å². The molecule has 1 aromatic carbocycles. The minimum atomic E-state index is -0.189. The SMILES string of the molecule is C#CCN1CCC(CCn2c(Sc3cc(O)c(O)cc3Br)nc3c(N)ncnc32)CC1. The van der Waals surface area contributed by atoms with Gasteiger partial charge in [-0.3, -0.25) is 4.90 Å². The van der Waals surface area contributed by atoms with E-state index in [4.69, 9.17) is 12.2 Å². The quantitative estimate of drug-likeness (QED) is 0.346. The lowest BCUT2D eigenvalue weighted by molar-refractivity contribution is 0.193. The zero-order valence-electron chi connectivity index (χ0n) is 16.8. The van der Waals surface area contributed by atoms with Crippen LogP contribution in [0.15, 0.2) is 33.0 Å². The second-order valence-electron chi connectivity index (χ2n) is 7.56. The van der Waals surface area contributed by atoms with Crippen molar-refractivity contribution in [2.24, 2.45) is 5.92 Å². The molecule has 1 fully saturated rings. The van der Waals surface area contributed by atoms with E-state index in [0.29, 0.717) is 39.1 Å². The van der Waals surface area contributed by atoms with Crippen molar-refractivity contribution in [3.05, 3.63) is 22.9 Å². The first-order chi connectivity index (χ1) is 15.0. The molecule has 0 amide bonds. The third kappa shape index (κ3) is 4.74. The summed E-state index contributed by atoms with van der Waals surface area (Å²) in [6.07, 6.45) is 10.1. The Morgan fingerprint density at radius 3 is 2.71 bits per heavy atom. The molecule has 0 atom stereocenters. The lowest BCUT2D eigenvalue weighted by Crippen LogP contribution is -2.34. The Morgan fingerprint density at radius 2 is 1.97 bits per heavy atom. The van der Waals surface area contributed by atoms with Gasteiger partial charge in [0, 0.05) is 15.9 Å². The summed E-state index contributed by atoms with van der Waals surface area (Å²) in [6, 6.07) is 2.97. The first-order valence-electron chi connectivity index (χ1n) is 9.98. The molecule has 0 unspecified atom stereocenters. The number of benzene rings is 1. The molecule has 1 saturated heterocycles. The lowest BCUT2D eigenvalue weighted by atomic mass is 9.93. The number of imidazole rings is 1. The number of nitrogen functional groups attached to an aromatic ring is 1. The summed E-state index contributed by atoms with van der Waals surface area (Å²) in [7, 11) is 0. The summed E-state index contributed by atoms with van der Waals surface area (Å²) in [5, 5.41) is 20.3. The Kier molecular flexibility index (Phi) is 6.55. The van der Waals surface area contributed by atoms with Gasteiger partial charge in [-0.05, 0) is 66.3 Å². The van der Waals surface area contributed by atoms with Gasteiger partial charge < -0.3 is 20.5 Å². The number of nitrogens with two attached hydrogens (primary N) is 1. The fraction of sp³-hybridized carbons (Fsp3) is 0.381. The van der Waals surface area contributed by atoms with Crippen LogP contribution < -0.4 is 5.73 Å². The number of nitrogens with zero attached hydrogens (tertiary/aromatic N) is 5. The summed E-state index contributed by atoms with van der Waals surface area (Å²) in [5.74, 6) is 3.29. The fourth-order valence-corrected chi connectivity index (χ4v) is 5.32. The summed E-state index contributed by atoms with van der Waals surface area (Å²) in [4.78, 5) is 16.2. The van der Waals surface area contributed by atoms with Crippen molar-refractivity contribution >= 4 is 44.7 Å². The number of phenols is 2. The average molecular weight is 503 g/mol. The van der Waals surface area contributed by atoms with Gasteiger partial charge in [0.2, 0.25) is 0 Å². The number of rotatable bonds is 6. The number of aromatic hydroxyl groups is 2. The zero-order chi connectivity index (χ0) is 22.0. The highest BCUT2D eigenvalue weighted by molar-refractivity contribution is 9.10. The van der Waals surface area contributed by atoms with Crippen LogP contribution >= 0.6 is 27.7 Å². The summed E-state index contributed by atoms with van der Waals surface area (Å²) in [5.41, 5.74) is 7.30. The number of phenolic OH excluding ortho intramolecular Hbond substituents is 2. The van der Waals surface area contributed by atoms with Crippen molar-refractivity contribution in [3.8, 4) is 23.8 Å². The molecule has 4 N–H and O–H groups in total. The Hall–Kier alpha value is -2.48. The van der Waals surface area contributed by atoms with Crippen molar-refractivity contribution in [2.75, 3.05) is 25.4 Å². The number of hydrogen-bond acceptors (Lipinski definition) is 8. The Balaban J connectivity index is 1.58. The van der Waals surface area contributed by atoms with Crippen LogP contribution in [0.3, 0.4) is 0 Å². The molecule has 3 heterocycles. The summed E-state index contributed by atoms with van der Waals surface area (Å²) >= 11 is 4.81. The van der Waals surface area contributed by atoms with E-state index in [1.165, 1.54) is 30.2 Å². The molecule has 0 radical (unpaired) electrons. The summed E-state index contributed by atoms with van der Waals surface area (Å²) in [6.45, 7) is 3.51. The largest absolute Gasteiger partial charge is 0.504 e. The Bertz CT molecular complexity index is 1140. The van der Waals surface area contributed by atoms with Crippen molar-refractivity contribution in [3.63, 3.8) is 0 Å². The summed E-state index contributed by atoms with van der Waals surface area (Å²) < 4.78 is 2.72. The standard InChI is InChI=1S/C21H23BrN6O2S/c1-2-6-27-7-3-13(4-8-27)5-9-28-20-18(19(23)24-12-25-20)26-21(28)31-17-11-16(30)15(29)10-14(17)22/h1,10-13,29-30H,3-9H2,(H2,23,24,25). The maximum atomic E-state index is 9.92. The predicted octanol–water partition coefficient (Wildman–Crippen LogP) is 3.47. The van der Waals surface area contributed by atoms with Gasteiger partial charge in [0.05, 0.1) is 6.54 Å². The van der Waals surface area contributed by atoms with Gasteiger partial charge in [-0.2, -0.15) is 0 Å². The number of halogens is 1. The first kappa shape index (κ1) is 21.7. The minimum absolute atomic E-state index is 0.184. The van der Waals surface area contributed by atoms with E-state index in [1.54, 1.807) is 0 Å². The predicted molar refractivity (Wildman–Crippen MR) is 124 cm³/mol. The fourth-order valence-electron chi connectivity index (χ4n) is 3.80. The van der Waals surface area contributed by atoms with Crippen molar-refractivity contribution in [1.29, 1.82) is 0 Å². The molecular weight excluding hydrogens is 480 g/mol. The van der Waals surface area contributed by atoms with E-state index in [2.05, 4.69) is 46.3 Å². The van der Waals surface area contributed by atoms with Crippen LogP contribution in [0.1, 0.15) is 19.3 Å². The van der Waals surface area contributed by atoms with Crippen LogP contribution in [0.4, 0.5) is 5.82 Å². The van der Waals surface area contributed by atoms with Crippen LogP contribution in [0.5, 0.6) is 11.5 Å². The molecule has 1 aliphatic heterocycles. The second-order valence-corrected chi connectivity index (χ2v) is 9.43. The number of aryl methyl sites for hydroxylation is 1.